The van der Waals surface area contributed by atoms with Gasteiger partial charge in [-0.1, -0.05) is 18.9 Å². The van der Waals surface area contributed by atoms with E-state index in [2.05, 4.69) is 11.4 Å². The number of carboxylic acids is 1. The van der Waals surface area contributed by atoms with E-state index >= 15 is 0 Å². The van der Waals surface area contributed by atoms with Crippen LogP contribution in [0.4, 0.5) is 5.69 Å². The SMILES string of the molecule is CSc1cccc(NCC2(C(=O)O)CCCC2)c1C#N. The van der Waals surface area contributed by atoms with Crippen LogP contribution in [-0.2, 0) is 4.79 Å². The van der Waals surface area contributed by atoms with Crippen molar-refractivity contribution in [1.29, 1.82) is 5.26 Å². The molecule has 0 unspecified atom stereocenters. The minimum absolute atomic E-state index is 0.384. The maximum Gasteiger partial charge on any atom is 0.311 e. The highest BCUT2D eigenvalue weighted by Crippen LogP contribution is 2.39. The van der Waals surface area contributed by atoms with Crippen molar-refractivity contribution < 1.29 is 9.90 Å². The lowest BCUT2D eigenvalue weighted by Gasteiger charge is -2.25. The number of hydrogen-bond acceptors (Lipinski definition) is 4. The van der Waals surface area contributed by atoms with Crippen LogP contribution in [0.2, 0.25) is 0 Å². The fourth-order valence-electron chi connectivity index (χ4n) is 2.75. The highest BCUT2D eigenvalue weighted by atomic mass is 32.2. The molecule has 106 valence electrons. The molecule has 0 bridgehead atoms. The predicted octanol–water partition coefficient (Wildman–Crippen LogP) is 3.34. The van der Waals surface area contributed by atoms with Crippen molar-refractivity contribution in [1.82, 2.24) is 0 Å². The minimum Gasteiger partial charge on any atom is -0.481 e. The van der Waals surface area contributed by atoms with Gasteiger partial charge >= 0.3 is 5.97 Å². The number of carboxylic acid groups (broad SMARTS) is 1. The second-order valence-corrected chi connectivity index (χ2v) is 5.99. The van der Waals surface area contributed by atoms with Gasteiger partial charge in [0, 0.05) is 11.4 Å². The average Bonchev–Trinajstić information content (AvgIpc) is 2.94. The molecule has 1 aliphatic carbocycles. The number of hydrogen-bond donors (Lipinski definition) is 2. The highest BCUT2D eigenvalue weighted by molar-refractivity contribution is 7.98. The molecule has 0 heterocycles. The monoisotopic (exact) mass is 290 g/mol. The maximum absolute atomic E-state index is 11.5. The lowest BCUT2D eigenvalue weighted by molar-refractivity contribution is -0.147. The lowest BCUT2D eigenvalue weighted by Crippen LogP contribution is -2.35. The van der Waals surface area contributed by atoms with Crippen LogP contribution < -0.4 is 5.32 Å². The molecule has 20 heavy (non-hydrogen) atoms. The van der Waals surface area contributed by atoms with Crippen LogP contribution >= 0.6 is 11.8 Å². The highest BCUT2D eigenvalue weighted by Gasteiger charge is 2.41. The first-order valence-electron chi connectivity index (χ1n) is 6.67. The first kappa shape index (κ1) is 14.7. The van der Waals surface area contributed by atoms with Crippen molar-refractivity contribution in [3.8, 4) is 6.07 Å². The summed E-state index contributed by atoms with van der Waals surface area (Å²) in [5.74, 6) is -0.734. The third-order valence-corrected chi connectivity index (χ3v) is 4.77. The molecule has 1 aromatic rings. The Morgan fingerprint density at radius 2 is 2.20 bits per heavy atom. The molecule has 0 aromatic heterocycles. The Balaban J connectivity index is 2.19. The third kappa shape index (κ3) is 2.75. The van der Waals surface area contributed by atoms with Gasteiger partial charge in [0.15, 0.2) is 0 Å². The summed E-state index contributed by atoms with van der Waals surface area (Å²) in [7, 11) is 0. The molecule has 2 rings (SSSR count). The Hall–Kier alpha value is -1.67. The van der Waals surface area contributed by atoms with Crippen molar-refractivity contribution in [3.63, 3.8) is 0 Å². The molecular formula is C15H18N2O2S. The summed E-state index contributed by atoms with van der Waals surface area (Å²) in [5.41, 5.74) is 0.646. The molecule has 0 aliphatic heterocycles. The molecule has 0 atom stereocenters. The smallest absolute Gasteiger partial charge is 0.311 e. The van der Waals surface area contributed by atoms with E-state index in [1.807, 2.05) is 24.5 Å². The van der Waals surface area contributed by atoms with Gasteiger partial charge in [0.25, 0.3) is 0 Å². The van der Waals surface area contributed by atoms with Crippen LogP contribution in [0.15, 0.2) is 23.1 Å². The molecule has 4 nitrogen and oxygen atoms in total. The Kier molecular flexibility index (Phi) is 4.56. The molecule has 1 aromatic carbocycles. The molecule has 1 saturated carbocycles. The Morgan fingerprint density at radius 3 is 2.75 bits per heavy atom. The van der Waals surface area contributed by atoms with Crippen molar-refractivity contribution in [3.05, 3.63) is 23.8 Å². The van der Waals surface area contributed by atoms with Gasteiger partial charge in [0.1, 0.15) is 6.07 Å². The average molecular weight is 290 g/mol. The number of aliphatic carboxylic acids is 1. The Labute approximate surface area is 123 Å². The molecule has 0 saturated heterocycles. The summed E-state index contributed by atoms with van der Waals surface area (Å²) in [6.45, 7) is 0.384. The van der Waals surface area contributed by atoms with E-state index in [1.54, 1.807) is 0 Å². The first-order valence-corrected chi connectivity index (χ1v) is 7.90. The second kappa shape index (κ2) is 6.19. The molecule has 1 fully saturated rings. The van der Waals surface area contributed by atoms with Crippen molar-refractivity contribution in [2.24, 2.45) is 5.41 Å². The summed E-state index contributed by atoms with van der Waals surface area (Å²) >= 11 is 1.52. The van der Waals surface area contributed by atoms with Gasteiger partial charge in [-0.05, 0) is 31.2 Å². The molecule has 0 radical (unpaired) electrons. The lowest BCUT2D eigenvalue weighted by atomic mass is 9.86. The van der Waals surface area contributed by atoms with Gasteiger partial charge in [0.2, 0.25) is 0 Å². The zero-order valence-electron chi connectivity index (χ0n) is 11.5. The van der Waals surface area contributed by atoms with Crippen LogP contribution in [0.25, 0.3) is 0 Å². The number of nitriles is 1. The van der Waals surface area contributed by atoms with Crippen LogP contribution in [0, 0.1) is 16.7 Å². The maximum atomic E-state index is 11.5. The third-order valence-electron chi connectivity index (χ3n) is 3.99. The number of rotatable bonds is 5. The van der Waals surface area contributed by atoms with Crippen molar-refractivity contribution >= 4 is 23.4 Å². The summed E-state index contributed by atoms with van der Waals surface area (Å²) in [5, 5.41) is 21.9. The summed E-state index contributed by atoms with van der Waals surface area (Å²) in [6.07, 6.45) is 5.27. The number of anilines is 1. The van der Waals surface area contributed by atoms with Crippen LogP contribution in [-0.4, -0.2) is 23.9 Å². The van der Waals surface area contributed by atoms with Crippen LogP contribution in [0.5, 0.6) is 0 Å². The zero-order chi connectivity index (χ0) is 14.6. The summed E-state index contributed by atoms with van der Waals surface area (Å²) in [4.78, 5) is 12.4. The van der Waals surface area contributed by atoms with Crippen LogP contribution in [0.3, 0.4) is 0 Å². The number of nitrogens with one attached hydrogen (secondary N) is 1. The first-order chi connectivity index (χ1) is 9.63. The van der Waals surface area contributed by atoms with E-state index in [0.29, 0.717) is 24.9 Å². The van der Waals surface area contributed by atoms with E-state index in [0.717, 1.165) is 23.4 Å². The Bertz CT molecular complexity index is 545. The van der Waals surface area contributed by atoms with Gasteiger partial charge in [-0.2, -0.15) is 5.26 Å². The van der Waals surface area contributed by atoms with E-state index in [-0.39, 0.29) is 0 Å². The normalized spacial score (nSPS) is 16.6. The van der Waals surface area contributed by atoms with Crippen molar-refractivity contribution in [2.45, 2.75) is 30.6 Å². The second-order valence-electron chi connectivity index (χ2n) is 5.14. The van der Waals surface area contributed by atoms with Gasteiger partial charge in [-0.25, -0.2) is 0 Å². The quantitative estimate of drug-likeness (QED) is 0.814. The molecule has 2 N–H and O–H groups in total. The van der Waals surface area contributed by atoms with E-state index in [1.165, 1.54) is 11.8 Å². The Morgan fingerprint density at radius 1 is 1.50 bits per heavy atom. The summed E-state index contributed by atoms with van der Waals surface area (Å²) < 4.78 is 0. The van der Waals surface area contributed by atoms with Gasteiger partial charge < -0.3 is 10.4 Å². The molecule has 5 heteroatoms. The van der Waals surface area contributed by atoms with E-state index in [4.69, 9.17) is 0 Å². The fourth-order valence-corrected chi connectivity index (χ4v) is 3.32. The van der Waals surface area contributed by atoms with E-state index < -0.39 is 11.4 Å². The molecular weight excluding hydrogens is 272 g/mol. The van der Waals surface area contributed by atoms with Crippen LogP contribution in [0.1, 0.15) is 31.2 Å². The number of thioether (sulfide) groups is 1. The van der Waals surface area contributed by atoms with Gasteiger partial charge in [-0.15, -0.1) is 11.8 Å². The van der Waals surface area contributed by atoms with Gasteiger partial charge in [0.05, 0.1) is 16.7 Å². The van der Waals surface area contributed by atoms with Gasteiger partial charge in [-0.3, -0.25) is 4.79 Å². The molecule has 1 aliphatic rings. The predicted molar refractivity (Wildman–Crippen MR) is 80.0 cm³/mol. The van der Waals surface area contributed by atoms with Crippen molar-refractivity contribution in [2.75, 3.05) is 18.1 Å². The molecule has 0 amide bonds. The number of carbonyl (C=O) groups is 1. The standard InChI is InChI=1S/C15H18N2O2S/c1-20-13-6-4-5-12(11(13)9-16)17-10-15(14(18)19)7-2-3-8-15/h4-6,17H,2-3,7-8,10H2,1H3,(H,18,19). The molecule has 0 spiro atoms. The minimum atomic E-state index is -0.734. The number of benzene rings is 1. The topological polar surface area (TPSA) is 73.1 Å². The zero-order valence-corrected chi connectivity index (χ0v) is 12.3. The summed E-state index contributed by atoms with van der Waals surface area (Å²) in [6, 6.07) is 7.82. The largest absolute Gasteiger partial charge is 0.481 e. The fraction of sp³-hybridized carbons (Fsp3) is 0.467. The number of nitrogens with zero attached hydrogens (tertiary/aromatic N) is 1. The van der Waals surface area contributed by atoms with E-state index in [9.17, 15) is 15.2 Å².